The number of nitrogens with zero attached hydrogens (tertiary/aromatic N) is 4. The van der Waals surface area contributed by atoms with E-state index in [9.17, 15) is 4.79 Å². The number of nitrogens with one attached hydrogen (secondary N) is 1. The zero-order valence-corrected chi connectivity index (χ0v) is 11.9. The third kappa shape index (κ3) is 4.15. The zero-order chi connectivity index (χ0) is 13.7. The highest BCUT2D eigenvalue weighted by Gasteiger charge is 2.09. The first-order chi connectivity index (χ1) is 9.17. The zero-order valence-electron chi connectivity index (χ0n) is 11.0. The van der Waals surface area contributed by atoms with Crippen molar-refractivity contribution in [2.75, 3.05) is 18.9 Å². The Kier molecular flexibility index (Phi) is 4.64. The van der Waals surface area contributed by atoms with Gasteiger partial charge in [-0.2, -0.15) is 5.10 Å². The molecular formula is C12H17N5OS. The maximum absolute atomic E-state index is 11.8. The van der Waals surface area contributed by atoms with Crippen molar-refractivity contribution in [3.63, 3.8) is 0 Å². The highest BCUT2D eigenvalue weighted by Crippen LogP contribution is 2.10. The summed E-state index contributed by atoms with van der Waals surface area (Å²) in [5.74, 6) is -0.0552. The number of aryl methyl sites for hydroxylation is 1. The van der Waals surface area contributed by atoms with E-state index in [2.05, 4.69) is 15.4 Å². The quantitative estimate of drug-likeness (QED) is 0.869. The van der Waals surface area contributed by atoms with Gasteiger partial charge in [0.15, 0.2) is 5.13 Å². The fraction of sp³-hybridized carbons (Fsp3) is 0.417. The molecule has 0 unspecified atom stereocenters. The van der Waals surface area contributed by atoms with Crippen molar-refractivity contribution in [1.29, 1.82) is 0 Å². The van der Waals surface area contributed by atoms with Crippen molar-refractivity contribution in [1.82, 2.24) is 19.7 Å². The van der Waals surface area contributed by atoms with Crippen LogP contribution in [0.3, 0.4) is 0 Å². The monoisotopic (exact) mass is 279 g/mol. The number of amides is 1. The number of carbonyl (C=O) groups excluding carboxylic acids is 1. The number of hydrogen-bond donors (Lipinski definition) is 1. The average Bonchev–Trinajstić information content (AvgIpc) is 3.00. The SMILES string of the molecule is CCn1cc(CN(C)CC(=O)Nc2nccs2)cn1. The van der Waals surface area contributed by atoms with Gasteiger partial charge in [0.05, 0.1) is 12.7 Å². The molecule has 0 spiro atoms. The average molecular weight is 279 g/mol. The van der Waals surface area contributed by atoms with Crippen molar-refractivity contribution >= 4 is 22.4 Å². The minimum absolute atomic E-state index is 0.0552. The Morgan fingerprint density at radius 2 is 2.42 bits per heavy atom. The van der Waals surface area contributed by atoms with Crippen molar-refractivity contribution in [3.8, 4) is 0 Å². The lowest BCUT2D eigenvalue weighted by molar-refractivity contribution is -0.117. The molecular weight excluding hydrogens is 262 g/mol. The van der Waals surface area contributed by atoms with E-state index in [1.807, 2.05) is 41.3 Å². The van der Waals surface area contributed by atoms with E-state index >= 15 is 0 Å². The van der Waals surface area contributed by atoms with E-state index in [1.54, 1.807) is 6.20 Å². The maximum atomic E-state index is 11.8. The summed E-state index contributed by atoms with van der Waals surface area (Å²) in [6.45, 7) is 3.93. The Labute approximate surface area is 116 Å². The van der Waals surface area contributed by atoms with Crippen LogP contribution >= 0.6 is 11.3 Å². The molecule has 0 aliphatic rings. The van der Waals surface area contributed by atoms with Gasteiger partial charge in [0, 0.05) is 36.4 Å². The Balaban J connectivity index is 1.80. The topological polar surface area (TPSA) is 63.1 Å². The Hall–Kier alpha value is -1.73. The van der Waals surface area contributed by atoms with Gasteiger partial charge in [0.1, 0.15) is 0 Å². The van der Waals surface area contributed by atoms with Gasteiger partial charge in [-0.05, 0) is 14.0 Å². The van der Waals surface area contributed by atoms with Crippen LogP contribution in [0.25, 0.3) is 0 Å². The predicted molar refractivity (Wildman–Crippen MR) is 75.0 cm³/mol. The van der Waals surface area contributed by atoms with Crippen molar-refractivity contribution < 1.29 is 4.79 Å². The predicted octanol–water partition coefficient (Wildman–Crippen LogP) is 1.43. The molecule has 0 fully saturated rings. The van der Waals surface area contributed by atoms with Gasteiger partial charge in [-0.25, -0.2) is 4.98 Å². The Morgan fingerprint density at radius 3 is 3.05 bits per heavy atom. The molecule has 2 rings (SSSR count). The van der Waals surface area contributed by atoms with Gasteiger partial charge in [0.2, 0.25) is 5.91 Å². The molecule has 0 aliphatic carbocycles. The van der Waals surface area contributed by atoms with E-state index in [4.69, 9.17) is 0 Å². The largest absolute Gasteiger partial charge is 0.301 e. The van der Waals surface area contributed by atoms with Crippen LogP contribution in [-0.4, -0.2) is 39.2 Å². The normalized spacial score (nSPS) is 10.9. The lowest BCUT2D eigenvalue weighted by Gasteiger charge is -2.14. The molecule has 0 bridgehead atoms. The first kappa shape index (κ1) is 13.7. The number of thiazole rings is 1. The summed E-state index contributed by atoms with van der Waals surface area (Å²) in [4.78, 5) is 17.7. The minimum atomic E-state index is -0.0552. The van der Waals surface area contributed by atoms with Gasteiger partial charge in [-0.15, -0.1) is 11.3 Å². The number of carbonyl (C=O) groups is 1. The van der Waals surface area contributed by atoms with E-state index < -0.39 is 0 Å². The van der Waals surface area contributed by atoms with Crippen molar-refractivity contribution in [3.05, 3.63) is 29.5 Å². The number of likely N-dealkylation sites (N-methyl/N-ethyl adjacent to an activating group) is 1. The summed E-state index contributed by atoms with van der Waals surface area (Å²) < 4.78 is 1.87. The molecule has 2 heterocycles. The second-order valence-corrected chi connectivity index (χ2v) is 5.16. The summed E-state index contributed by atoms with van der Waals surface area (Å²) in [5, 5.41) is 9.44. The molecule has 0 aliphatic heterocycles. The molecule has 102 valence electrons. The summed E-state index contributed by atoms with van der Waals surface area (Å²) >= 11 is 1.41. The number of rotatable bonds is 6. The molecule has 0 aromatic carbocycles. The lowest BCUT2D eigenvalue weighted by atomic mass is 10.3. The molecule has 6 nitrogen and oxygen atoms in total. The smallest absolute Gasteiger partial charge is 0.240 e. The molecule has 19 heavy (non-hydrogen) atoms. The van der Waals surface area contributed by atoms with Crippen LogP contribution in [0, 0.1) is 0 Å². The summed E-state index contributed by atoms with van der Waals surface area (Å²) in [6.07, 6.45) is 5.50. The van der Waals surface area contributed by atoms with Crippen LogP contribution in [0.15, 0.2) is 24.0 Å². The summed E-state index contributed by atoms with van der Waals surface area (Å²) in [6, 6.07) is 0. The lowest BCUT2D eigenvalue weighted by Crippen LogP contribution is -2.29. The van der Waals surface area contributed by atoms with E-state index in [0.717, 1.165) is 12.1 Å². The Morgan fingerprint density at radius 1 is 1.58 bits per heavy atom. The van der Waals surface area contributed by atoms with Crippen LogP contribution in [0.5, 0.6) is 0 Å². The highest BCUT2D eigenvalue weighted by atomic mass is 32.1. The molecule has 0 atom stereocenters. The standard InChI is InChI=1S/C12H17N5OS/c1-3-17-8-10(6-14-17)7-16(2)9-11(18)15-12-13-4-5-19-12/h4-6,8H,3,7,9H2,1-2H3,(H,13,15,18). The van der Waals surface area contributed by atoms with Gasteiger partial charge >= 0.3 is 0 Å². The first-order valence-corrected chi connectivity index (χ1v) is 6.94. The number of aromatic nitrogens is 3. The molecule has 1 amide bonds. The molecule has 0 saturated carbocycles. The van der Waals surface area contributed by atoms with Crippen LogP contribution in [-0.2, 0) is 17.9 Å². The number of hydrogen-bond acceptors (Lipinski definition) is 5. The molecule has 2 aromatic rings. The fourth-order valence-corrected chi connectivity index (χ4v) is 2.26. The third-order valence-electron chi connectivity index (χ3n) is 2.56. The molecule has 7 heteroatoms. The molecule has 0 radical (unpaired) electrons. The molecule has 2 aromatic heterocycles. The van der Waals surface area contributed by atoms with E-state index in [1.165, 1.54) is 11.3 Å². The fourth-order valence-electron chi connectivity index (χ4n) is 1.72. The van der Waals surface area contributed by atoms with Gasteiger partial charge in [-0.3, -0.25) is 14.4 Å². The highest BCUT2D eigenvalue weighted by molar-refractivity contribution is 7.13. The minimum Gasteiger partial charge on any atom is -0.301 e. The van der Waals surface area contributed by atoms with Gasteiger partial charge < -0.3 is 5.32 Å². The molecule has 0 saturated heterocycles. The van der Waals surface area contributed by atoms with Gasteiger partial charge in [-0.1, -0.05) is 0 Å². The van der Waals surface area contributed by atoms with Gasteiger partial charge in [0.25, 0.3) is 0 Å². The Bertz CT molecular complexity index is 522. The van der Waals surface area contributed by atoms with Crippen LogP contribution in [0.4, 0.5) is 5.13 Å². The van der Waals surface area contributed by atoms with Crippen molar-refractivity contribution in [2.45, 2.75) is 20.0 Å². The summed E-state index contributed by atoms with van der Waals surface area (Å²) in [5.41, 5.74) is 1.10. The molecule has 1 N–H and O–H groups in total. The van der Waals surface area contributed by atoms with Crippen LogP contribution < -0.4 is 5.32 Å². The first-order valence-electron chi connectivity index (χ1n) is 6.06. The number of anilines is 1. The maximum Gasteiger partial charge on any atom is 0.240 e. The van der Waals surface area contributed by atoms with Crippen LogP contribution in [0.1, 0.15) is 12.5 Å². The van der Waals surface area contributed by atoms with Crippen molar-refractivity contribution in [2.24, 2.45) is 0 Å². The van der Waals surface area contributed by atoms with Crippen LogP contribution in [0.2, 0.25) is 0 Å². The second-order valence-electron chi connectivity index (χ2n) is 4.26. The second kappa shape index (κ2) is 6.44. The van der Waals surface area contributed by atoms with E-state index in [-0.39, 0.29) is 5.91 Å². The third-order valence-corrected chi connectivity index (χ3v) is 3.24. The summed E-state index contributed by atoms with van der Waals surface area (Å²) in [7, 11) is 1.91. The van der Waals surface area contributed by atoms with E-state index in [0.29, 0.717) is 18.2 Å².